The first kappa shape index (κ1) is 15.2. The van der Waals surface area contributed by atoms with Gasteiger partial charge in [0.1, 0.15) is 0 Å². The Morgan fingerprint density at radius 3 is 2.76 bits per heavy atom. The number of nitrogens with zero attached hydrogens (tertiary/aromatic N) is 1. The van der Waals surface area contributed by atoms with Gasteiger partial charge in [-0.1, -0.05) is 6.07 Å². The minimum Gasteiger partial charge on any atom is -0.453 e. The van der Waals surface area contributed by atoms with Crippen molar-refractivity contribution < 1.29 is 14.3 Å². The Hall–Kier alpha value is -2.15. The molecule has 2 amide bonds. The SMILES string of the molecule is COC(=O)NC(=S)Nc1ccc2c(c1)N(C(C)=O)[C@H](C)C2. The lowest BCUT2D eigenvalue weighted by Crippen LogP contribution is -2.34. The van der Waals surface area contributed by atoms with Crippen LogP contribution in [0.3, 0.4) is 0 Å². The Kier molecular flexibility index (Phi) is 4.42. The molecular weight excluding hydrogens is 290 g/mol. The molecule has 1 aromatic rings. The van der Waals surface area contributed by atoms with Crippen molar-refractivity contribution in [3.8, 4) is 0 Å². The highest BCUT2D eigenvalue weighted by Crippen LogP contribution is 2.34. The van der Waals surface area contributed by atoms with Crippen LogP contribution in [0, 0.1) is 0 Å². The molecule has 112 valence electrons. The lowest BCUT2D eigenvalue weighted by molar-refractivity contribution is -0.116. The number of nitrogens with one attached hydrogen (secondary N) is 2. The molecule has 2 N–H and O–H groups in total. The van der Waals surface area contributed by atoms with Crippen molar-refractivity contribution in [3.63, 3.8) is 0 Å². The van der Waals surface area contributed by atoms with E-state index in [1.54, 1.807) is 11.8 Å². The zero-order valence-corrected chi connectivity index (χ0v) is 12.9. The Morgan fingerprint density at radius 1 is 1.43 bits per heavy atom. The topological polar surface area (TPSA) is 70.7 Å². The van der Waals surface area contributed by atoms with Crippen LogP contribution in [0.2, 0.25) is 0 Å². The van der Waals surface area contributed by atoms with E-state index in [9.17, 15) is 9.59 Å². The Morgan fingerprint density at radius 2 is 2.14 bits per heavy atom. The van der Waals surface area contributed by atoms with Gasteiger partial charge in [0.2, 0.25) is 5.91 Å². The Labute approximate surface area is 128 Å². The first-order valence-corrected chi connectivity index (χ1v) is 6.92. The van der Waals surface area contributed by atoms with E-state index in [1.165, 1.54) is 7.11 Å². The first-order valence-electron chi connectivity index (χ1n) is 6.51. The smallest absolute Gasteiger partial charge is 0.413 e. The molecule has 21 heavy (non-hydrogen) atoms. The summed E-state index contributed by atoms with van der Waals surface area (Å²) >= 11 is 5.01. The van der Waals surface area contributed by atoms with Crippen molar-refractivity contribution in [2.45, 2.75) is 26.3 Å². The number of alkyl carbamates (subject to hydrolysis) is 1. The van der Waals surface area contributed by atoms with Crippen LogP contribution in [0.4, 0.5) is 16.2 Å². The fraction of sp³-hybridized carbons (Fsp3) is 0.357. The van der Waals surface area contributed by atoms with Crippen molar-refractivity contribution in [2.75, 3.05) is 17.3 Å². The first-order chi connectivity index (χ1) is 9.92. The number of carbonyl (C=O) groups excluding carboxylic acids is 2. The van der Waals surface area contributed by atoms with Gasteiger partial charge >= 0.3 is 6.09 Å². The summed E-state index contributed by atoms with van der Waals surface area (Å²) in [6.45, 7) is 3.56. The van der Waals surface area contributed by atoms with E-state index in [-0.39, 0.29) is 17.1 Å². The van der Waals surface area contributed by atoms with Crippen LogP contribution in [0.1, 0.15) is 19.4 Å². The second-order valence-corrected chi connectivity index (χ2v) is 5.26. The second kappa shape index (κ2) is 6.09. The molecule has 1 aliphatic rings. The third kappa shape index (κ3) is 3.30. The van der Waals surface area contributed by atoms with Crippen LogP contribution in [0.25, 0.3) is 0 Å². The Balaban J connectivity index is 2.16. The van der Waals surface area contributed by atoms with Crippen LogP contribution in [0.5, 0.6) is 0 Å². The largest absolute Gasteiger partial charge is 0.453 e. The summed E-state index contributed by atoms with van der Waals surface area (Å²) in [5, 5.41) is 5.40. The number of ether oxygens (including phenoxy) is 1. The van der Waals surface area contributed by atoms with Crippen molar-refractivity contribution in [2.24, 2.45) is 0 Å². The molecule has 1 atom stereocenters. The van der Waals surface area contributed by atoms with Gasteiger partial charge in [0.05, 0.1) is 7.11 Å². The highest BCUT2D eigenvalue weighted by molar-refractivity contribution is 7.80. The van der Waals surface area contributed by atoms with Crippen LogP contribution in [-0.4, -0.2) is 30.3 Å². The Bertz CT molecular complexity index is 603. The molecule has 0 saturated heterocycles. The molecule has 0 aromatic heterocycles. The van der Waals surface area contributed by atoms with Gasteiger partial charge < -0.3 is 15.0 Å². The predicted octanol–water partition coefficient (Wildman–Crippen LogP) is 2.04. The van der Waals surface area contributed by atoms with Gasteiger partial charge in [0.15, 0.2) is 5.11 Å². The van der Waals surface area contributed by atoms with Crippen LogP contribution in [-0.2, 0) is 16.0 Å². The number of methoxy groups -OCH3 is 1. The molecule has 1 aromatic carbocycles. The molecule has 0 saturated carbocycles. The normalized spacial score (nSPS) is 16.1. The molecular formula is C14H17N3O3S. The average molecular weight is 307 g/mol. The second-order valence-electron chi connectivity index (χ2n) is 4.86. The minimum atomic E-state index is -0.632. The summed E-state index contributed by atoms with van der Waals surface area (Å²) in [6.07, 6.45) is 0.202. The third-order valence-electron chi connectivity index (χ3n) is 3.30. The highest BCUT2D eigenvalue weighted by atomic mass is 32.1. The maximum Gasteiger partial charge on any atom is 0.413 e. The predicted molar refractivity (Wildman–Crippen MR) is 84.5 cm³/mol. The molecule has 6 nitrogen and oxygen atoms in total. The number of rotatable bonds is 1. The lowest BCUT2D eigenvalue weighted by Gasteiger charge is -2.21. The molecule has 1 heterocycles. The van der Waals surface area contributed by atoms with Gasteiger partial charge in [-0.05, 0) is 43.3 Å². The summed E-state index contributed by atoms with van der Waals surface area (Å²) in [6, 6.07) is 5.82. The number of benzene rings is 1. The summed E-state index contributed by atoms with van der Waals surface area (Å²) in [5.41, 5.74) is 2.70. The van der Waals surface area contributed by atoms with E-state index >= 15 is 0 Å². The van der Waals surface area contributed by atoms with E-state index in [2.05, 4.69) is 15.4 Å². The molecule has 1 aliphatic heterocycles. The van der Waals surface area contributed by atoms with Crippen LogP contribution < -0.4 is 15.5 Å². The highest BCUT2D eigenvalue weighted by Gasteiger charge is 2.28. The summed E-state index contributed by atoms with van der Waals surface area (Å²) in [7, 11) is 1.26. The van der Waals surface area contributed by atoms with E-state index in [4.69, 9.17) is 12.2 Å². The molecule has 0 spiro atoms. The van der Waals surface area contributed by atoms with Crippen molar-refractivity contribution >= 4 is 40.7 Å². The zero-order valence-electron chi connectivity index (χ0n) is 12.1. The average Bonchev–Trinajstić information content (AvgIpc) is 2.73. The van der Waals surface area contributed by atoms with Crippen molar-refractivity contribution in [1.82, 2.24) is 5.32 Å². The summed E-state index contributed by atoms with van der Waals surface area (Å²) in [4.78, 5) is 24.6. The number of thiocarbonyl (C=S) groups is 1. The van der Waals surface area contributed by atoms with Gasteiger partial charge in [0.25, 0.3) is 0 Å². The standard InChI is InChI=1S/C14H17N3O3S/c1-8-6-10-4-5-11(7-12(10)17(8)9(2)18)15-13(21)16-14(19)20-3/h4-5,7-8H,6H2,1-3H3,(H2,15,16,19,21)/t8-/m1/s1. The summed E-state index contributed by atoms with van der Waals surface area (Å²) < 4.78 is 4.46. The van der Waals surface area contributed by atoms with Gasteiger partial charge in [-0.2, -0.15) is 0 Å². The fourth-order valence-electron chi connectivity index (χ4n) is 2.47. The monoisotopic (exact) mass is 307 g/mol. The summed E-state index contributed by atoms with van der Waals surface area (Å²) in [5.74, 6) is 0.00802. The van der Waals surface area contributed by atoms with Gasteiger partial charge in [-0.25, -0.2) is 4.79 Å². The molecule has 0 radical (unpaired) electrons. The van der Waals surface area contributed by atoms with Crippen LogP contribution in [0.15, 0.2) is 18.2 Å². The molecule has 7 heteroatoms. The van der Waals surface area contributed by atoms with Crippen molar-refractivity contribution in [1.29, 1.82) is 0 Å². The number of carbonyl (C=O) groups is 2. The maximum absolute atomic E-state index is 11.7. The van der Waals surface area contributed by atoms with Gasteiger partial charge in [-0.15, -0.1) is 0 Å². The quantitative estimate of drug-likeness (QED) is 0.777. The zero-order chi connectivity index (χ0) is 15.6. The van der Waals surface area contributed by atoms with E-state index in [0.29, 0.717) is 5.69 Å². The fourth-order valence-corrected chi connectivity index (χ4v) is 2.67. The van der Waals surface area contributed by atoms with Crippen molar-refractivity contribution in [3.05, 3.63) is 23.8 Å². The minimum absolute atomic E-state index is 0.00802. The van der Waals surface area contributed by atoms with E-state index in [0.717, 1.165) is 17.7 Å². The molecule has 0 bridgehead atoms. The third-order valence-corrected chi connectivity index (χ3v) is 3.50. The number of hydrogen-bond acceptors (Lipinski definition) is 4. The number of hydrogen-bond donors (Lipinski definition) is 2. The van der Waals surface area contributed by atoms with E-state index in [1.807, 2.05) is 25.1 Å². The van der Waals surface area contributed by atoms with Crippen LogP contribution >= 0.6 is 12.2 Å². The molecule has 0 aliphatic carbocycles. The maximum atomic E-state index is 11.7. The molecule has 2 rings (SSSR count). The van der Waals surface area contributed by atoms with Gasteiger partial charge in [-0.3, -0.25) is 10.1 Å². The number of anilines is 2. The molecule has 0 unspecified atom stereocenters. The number of fused-ring (bicyclic) bond motifs is 1. The number of amides is 2. The lowest BCUT2D eigenvalue weighted by atomic mass is 10.1. The van der Waals surface area contributed by atoms with E-state index < -0.39 is 6.09 Å². The molecule has 0 fully saturated rings. The van der Waals surface area contributed by atoms with Gasteiger partial charge in [0, 0.05) is 24.3 Å².